The van der Waals surface area contributed by atoms with Crippen LogP contribution in [0.15, 0.2) is 23.2 Å². The van der Waals surface area contributed by atoms with Crippen LogP contribution in [-0.4, -0.2) is 33.1 Å². The highest BCUT2D eigenvalue weighted by Crippen LogP contribution is 2.30. The molecule has 1 amide bonds. The van der Waals surface area contributed by atoms with E-state index in [4.69, 9.17) is 9.15 Å². The molecular formula is C15H18N4O3. The van der Waals surface area contributed by atoms with Crippen molar-refractivity contribution in [2.75, 3.05) is 6.61 Å². The van der Waals surface area contributed by atoms with E-state index in [2.05, 4.69) is 19.9 Å². The van der Waals surface area contributed by atoms with Gasteiger partial charge in [-0.15, -0.1) is 0 Å². The first-order valence-corrected chi connectivity index (χ1v) is 7.67. The van der Waals surface area contributed by atoms with E-state index in [0.717, 1.165) is 38.1 Å². The van der Waals surface area contributed by atoms with Gasteiger partial charge in [0.2, 0.25) is 0 Å². The number of hydrogen-bond acceptors (Lipinski definition) is 5. The van der Waals surface area contributed by atoms with Crippen LogP contribution in [0, 0.1) is 0 Å². The lowest BCUT2D eigenvalue weighted by Crippen LogP contribution is -2.41. The molecule has 2 aromatic rings. The Morgan fingerprint density at radius 1 is 1.36 bits per heavy atom. The minimum atomic E-state index is -0.187. The average Bonchev–Trinajstić information content (AvgIpc) is 3.26. The molecular weight excluding hydrogens is 284 g/mol. The van der Waals surface area contributed by atoms with Crippen molar-refractivity contribution in [1.29, 1.82) is 0 Å². The molecule has 2 atom stereocenters. The predicted octanol–water partition coefficient (Wildman–Crippen LogP) is 1.47. The number of rotatable bonds is 3. The maximum absolute atomic E-state index is 12.5. The summed E-state index contributed by atoms with van der Waals surface area (Å²) in [5, 5.41) is 3.05. The number of carbonyl (C=O) groups is 1. The van der Waals surface area contributed by atoms with E-state index in [1.54, 1.807) is 6.20 Å². The van der Waals surface area contributed by atoms with Crippen molar-refractivity contribution < 1.29 is 13.9 Å². The quantitative estimate of drug-likeness (QED) is 0.928. The van der Waals surface area contributed by atoms with Crippen molar-refractivity contribution in [2.45, 2.75) is 44.4 Å². The molecule has 0 radical (unpaired) electrons. The lowest BCUT2D eigenvalue weighted by Gasteiger charge is -2.24. The zero-order chi connectivity index (χ0) is 14.9. The molecule has 4 heterocycles. The van der Waals surface area contributed by atoms with E-state index in [1.165, 1.54) is 6.39 Å². The molecule has 0 bridgehead atoms. The molecule has 2 aliphatic heterocycles. The third kappa shape index (κ3) is 2.41. The highest BCUT2D eigenvalue weighted by Gasteiger charge is 2.29. The molecule has 2 unspecified atom stereocenters. The van der Waals surface area contributed by atoms with Crippen molar-refractivity contribution in [1.82, 2.24) is 19.9 Å². The van der Waals surface area contributed by atoms with Crippen LogP contribution in [0.2, 0.25) is 0 Å². The second-order valence-electron chi connectivity index (χ2n) is 5.77. The van der Waals surface area contributed by atoms with Gasteiger partial charge in [-0.05, 0) is 19.3 Å². The zero-order valence-electron chi connectivity index (χ0n) is 12.2. The van der Waals surface area contributed by atoms with Crippen LogP contribution in [0.4, 0.5) is 0 Å². The molecule has 2 aromatic heterocycles. The maximum atomic E-state index is 12.5. The first kappa shape index (κ1) is 13.5. The number of aryl methyl sites for hydroxylation is 1. The molecule has 2 aliphatic rings. The fraction of sp³-hybridized carbons (Fsp3) is 0.533. The highest BCUT2D eigenvalue weighted by molar-refractivity contribution is 5.93. The fourth-order valence-corrected chi connectivity index (χ4v) is 3.18. The molecule has 0 aliphatic carbocycles. The van der Waals surface area contributed by atoms with Crippen molar-refractivity contribution in [3.8, 4) is 0 Å². The minimum absolute atomic E-state index is 0.0863. The lowest BCUT2D eigenvalue weighted by atomic mass is 10.1. The van der Waals surface area contributed by atoms with E-state index in [9.17, 15) is 4.79 Å². The van der Waals surface area contributed by atoms with Crippen LogP contribution in [-0.2, 0) is 17.7 Å². The van der Waals surface area contributed by atoms with Gasteiger partial charge in [0, 0.05) is 38.0 Å². The molecule has 0 spiro atoms. The van der Waals surface area contributed by atoms with Gasteiger partial charge in [0.05, 0.1) is 0 Å². The lowest BCUT2D eigenvalue weighted by molar-refractivity contribution is 0.0847. The van der Waals surface area contributed by atoms with Gasteiger partial charge in [-0.1, -0.05) is 0 Å². The Balaban J connectivity index is 1.46. The Morgan fingerprint density at radius 2 is 2.32 bits per heavy atom. The Labute approximate surface area is 127 Å². The second-order valence-corrected chi connectivity index (χ2v) is 5.77. The summed E-state index contributed by atoms with van der Waals surface area (Å²) in [6, 6.07) is 0.0863. The van der Waals surface area contributed by atoms with Gasteiger partial charge in [-0.3, -0.25) is 4.79 Å². The van der Waals surface area contributed by atoms with E-state index < -0.39 is 0 Å². The van der Waals surface area contributed by atoms with Gasteiger partial charge in [0.25, 0.3) is 5.91 Å². The van der Waals surface area contributed by atoms with E-state index in [1.807, 2.05) is 6.20 Å². The summed E-state index contributed by atoms with van der Waals surface area (Å²) in [7, 11) is 0. The number of hydrogen-bond donors (Lipinski definition) is 1. The maximum Gasteiger partial charge on any atom is 0.273 e. The number of fused-ring (bicyclic) bond motifs is 1. The van der Waals surface area contributed by atoms with E-state index in [-0.39, 0.29) is 18.1 Å². The number of ether oxygens (including phenoxy) is 1. The van der Waals surface area contributed by atoms with Gasteiger partial charge in [-0.2, -0.15) is 0 Å². The smallest absolute Gasteiger partial charge is 0.273 e. The fourth-order valence-electron chi connectivity index (χ4n) is 3.18. The van der Waals surface area contributed by atoms with Crippen LogP contribution in [0.5, 0.6) is 0 Å². The average molecular weight is 302 g/mol. The molecule has 116 valence electrons. The number of imidazole rings is 1. The van der Waals surface area contributed by atoms with Crippen molar-refractivity contribution in [3.05, 3.63) is 36.1 Å². The molecule has 7 heteroatoms. The molecule has 7 nitrogen and oxygen atoms in total. The van der Waals surface area contributed by atoms with Gasteiger partial charge < -0.3 is 19.0 Å². The minimum Gasteiger partial charge on any atom is -0.445 e. The predicted molar refractivity (Wildman–Crippen MR) is 76.2 cm³/mol. The number of nitrogens with zero attached hydrogens (tertiary/aromatic N) is 3. The number of aromatic nitrogens is 3. The van der Waals surface area contributed by atoms with Crippen LogP contribution in [0.1, 0.15) is 47.4 Å². The normalized spacial score (nSPS) is 24.2. The summed E-state index contributed by atoms with van der Waals surface area (Å²) in [6.45, 7) is 1.45. The van der Waals surface area contributed by atoms with Gasteiger partial charge in [-0.25, -0.2) is 9.97 Å². The molecule has 0 saturated carbocycles. The molecule has 1 N–H and O–H groups in total. The number of carbonyl (C=O) groups excluding carboxylic acids is 1. The number of amides is 1. The highest BCUT2D eigenvalue weighted by atomic mass is 16.5. The summed E-state index contributed by atoms with van der Waals surface area (Å²) < 4.78 is 13.1. The summed E-state index contributed by atoms with van der Waals surface area (Å²) in [4.78, 5) is 20.9. The first-order chi connectivity index (χ1) is 10.8. The van der Waals surface area contributed by atoms with Crippen molar-refractivity contribution in [2.24, 2.45) is 0 Å². The van der Waals surface area contributed by atoms with Gasteiger partial charge in [0.15, 0.2) is 17.8 Å². The monoisotopic (exact) mass is 302 g/mol. The third-order valence-corrected chi connectivity index (χ3v) is 4.30. The van der Waals surface area contributed by atoms with Crippen molar-refractivity contribution >= 4 is 5.91 Å². The molecule has 1 fully saturated rings. The second kappa shape index (κ2) is 5.57. The molecule has 22 heavy (non-hydrogen) atoms. The Bertz CT molecular complexity index is 672. The summed E-state index contributed by atoms with van der Waals surface area (Å²) in [5.41, 5.74) is 0.350. The Kier molecular flexibility index (Phi) is 3.42. The van der Waals surface area contributed by atoms with Gasteiger partial charge in [0.1, 0.15) is 11.9 Å². The number of oxazole rings is 1. The largest absolute Gasteiger partial charge is 0.445 e. The zero-order valence-corrected chi connectivity index (χ0v) is 12.2. The van der Waals surface area contributed by atoms with E-state index >= 15 is 0 Å². The van der Waals surface area contributed by atoms with Crippen LogP contribution in [0.3, 0.4) is 0 Å². The Morgan fingerprint density at radius 3 is 3.18 bits per heavy atom. The number of nitrogens with one attached hydrogen (secondary N) is 1. The summed E-state index contributed by atoms with van der Waals surface area (Å²) in [6.07, 6.45) is 8.53. The SMILES string of the molecule is O=C(NC1CCc2nccn2C1)c1ncoc1C1CCCO1. The van der Waals surface area contributed by atoms with Crippen LogP contribution < -0.4 is 5.32 Å². The molecule has 1 saturated heterocycles. The first-order valence-electron chi connectivity index (χ1n) is 7.67. The summed E-state index contributed by atoms with van der Waals surface area (Å²) >= 11 is 0. The van der Waals surface area contributed by atoms with Crippen LogP contribution >= 0.6 is 0 Å². The van der Waals surface area contributed by atoms with Gasteiger partial charge >= 0.3 is 0 Å². The van der Waals surface area contributed by atoms with Crippen LogP contribution in [0.25, 0.3) is 0 Å². The third-order valence-electron chi connectivity index (χ3n) is 4.30. The standard InChI is InChI=1S/C15H18N4O3/c20-15(13-14(22-9-17-13)11-2-1-7-21-11)18-10-3-4-12-16-5-6-19(12)8-10/h5-6,9-11H,1-4,7-8H2,(H,18,20). The molecule has 4 rings (SSSR count). The van der Waals surface area contributed by atoms with E-state index in [0.29, 0.717) is 18.1 Å². The van der Waals surface area contributed by atoms with Crippen molar-refractivity contribution in [3.63, 3.8) is 0 Å². The topological polar surface area (TPSA) is 82.2 Å². The summed E-state index contributed by atoms with van der Waals surface area (Å²) in [5.74, 6) is 1.44. The Hall–Kier alpha value is -2.15. The molecule has 0 aromatic carbocycles.